The van der Waals surface area contributed by atoms with Crippen LogP contribution >= 0.6 is 0 Å². The highest BCUT2D eigenvalue weighted by molar-refractivity contribution is 6.10. The summed E-state index contributed by atoms with van der Waals surface area (Å²) in [5.41, 5.74) is 4.59. The minimum absolute atomic E-state index is 0.00696. The minimum Gasteiger partial charge on any atom is -0.347 e. The zero-order valence-electron chi connectivity index (χ0n) is 12.5. The Kier molecular flexibility index (Phi) is 3.38. The van der Waals surface area contributed by atoms with Crippen LogP contribution in [0.2, 0.25) is 0 Å². The Hall–Kier alpha value is -1.61. The molecule has 1 aromatic heterocycles. The molecule has 3 rings (SSSR count). The lowest BCUT2D eigenvalue weighted by molar-refractivity contribution is 0.0954. The van der Waals surface area contributed by atoms with Gasteiger partial charge in [0.25, 0.3) is 0 Å². The summed E-state index contributed by atoms with van der Waals surface area (Å²) < 4.78 is 2.18. The summed E-state index contributed by atoms with van der Waals surface area (Å²) in [5, 5.41) is 4.42. The molecular formula is C17H22N2O. The molecule has 1 aromatic carbocycles. The second-order valence-electron chi connectivity index (χ2n) is 5.80. The van der Waals surface area contributed by atoms with Gasteiger partial charge in [0.2, 0.25) is 0 Å². The summed E-state index contributed by atoms with van der Waals surface area (Å²) >= 11 is 0. The van der Waals surface area contributed by atoms with E-state index < -0.39 is 0 Å². The van der Waals surface area contributed by atoms with Crippen LogP contribution in [0.3, 0.4) is 0 Å². The number of nitrogens with zero attached hydrogens (tertiary/aromatic N) is 1. The molecule has 1 aliphatic heterocycles. The van der Waals surface area contributed by atoms with E-state index in [-0.39, 0.29) is 11.8 Å². The third-order valence-corrected chi connectivity index (χ3v) is 4.48. The van der Waals surface area contributed by atoms with Crippen molar-refractivity contribution in [2.45, 2.75) is 46.2 Å². The normalized spacial score (nSPS) is 18.9. The molecule has 1 aliphatic rings. The maximum absolute atomic E-state index is 12.7. The smallest absolute Gasteiger partial charge is 0.181 e. The fourth-order valence-corrected chi connectivity index (χ4v) is 3.10. The lowest BCUT2D eigenvalue weighted by atomic mass is 9.99. The molecule has 3 heteroatoms. The van der Waals surface area contributed by atoms with Gasteiger partial charge in [-0.3, -0.25) is 4.79 Å². The van der Waals surface area contributed by atoms with E-state index in [4.69, 9.17) is 0 Å². The van der Waals surface area contributed by atoms with Crippen LogP contribution in [0.25, 0.3) is 10.9 Å². The number of aromatic nitrogens is 1. The van der Waals surface area contributed by atoms with Gasteiger partial charge in [0.05, 0.1) is 6.04 Å². The summed E-state index contributed by atoms with van der Waals surface area (Å²) in [4.78, 5) is 12.7. The summed E-state index contributed by atoms with van der Waals surface area (Å²) in [6, 6.07) is 4.37. The average Bonchev–Trinajstić information content (AvgIpc) is 3.06. The highest BCUT2D eigenvalue weighted by Crippen LogP contribution is 2.27. The number of benzene rings is 1. The summed E-state index contributed by atoms with van der Waals surface area (Å²) in [6.07, 6.45) is 4.09. The first-order valence-corrected chi connectivity index (χ1v) is 7.49. The summed E-state index contributed by atoms with van der Waals surface area (Å²) in [7, 11) is 0. The molecule has 2 heterocycles. The van der Waals surface area contributed by atoms with Crippen LogP contribution in [0.4, 0.5) is 0 Å². The van der Waals surface area contributed by atoms with Crippen LogP contribution in [-0.4, -0.2) is 22.9 Å². The molecule has 0 aliphatic carbocycles. The SMILES string of the molecule is CCn1cc(C(=O)C2CCCN2)c2cc(C)c(C)cc21. The summed E-state index contributed by atoms with van der Waals surface area (Å²) in [6.45, 7) is 8.21. The van der Waals surface area contributed by atoms with Gasteiger partial charge in [-0.2, -0.15) is 0 Å². The number of fused-ring (bicyclic) bond motifs is 1. The van der Waals surface area contributed by atoms with Crippen molar-refractivity contribution < 1.29 is 4.79 Å². The predicted octanol–water partition coefficient (Wildman–Crippen LogP) is 3.21. The number of hydrogen-bond donors (Lipinski definition) is 1. The van der Waals surface area contributed by atoms with Crippen LogP contribution in [0.1, 0.15) is 41.3 Å². The van der Waals surface area contributed by atoms with Gasteiger partial charge in [-0.25, -0.2) is 0 Å². The first-order chi connectivity index (χ1) is 9.61. The van der Waals surface area contributed by atoms with E-state index in [1.54, 1.807) is 0 Å². The monoisotopic (exact) mass is 270 g/mol. The van der Waals surface area contributed by atoms with E-state index in [1.807, 2.05) is 6.20 Å². The lowest BCUT2D eigenvalue weighted by Crippen LogP contribution is -2.30. The quantitative estimate of drug-likeness (QED) is 0.869. The Morgan fingerprint density at radius 2 is 2.10 bits per heavy atom. The number of aryl methyl sites for hydroxylation is 3. The number of ketones is 1. The van der Waals surface area contributed by atoms with Gasteiger partial charge in [-0.15, -0.1) is 0 Å². The fourth-order valence-electron chi connectivity index (χ4n) is 3.10. The molecular weight excluding hydrogens is 248 g/mol. The highest BCUT2D eigenvalue weighted by atomic mass is 16.1. The van der Waals surface area contributed by atoms with Gasteiger partial charge in [-0.1, -0.05) is 0 Å². The van der Waals surface area contributed by atoms with Crippen LogP contribution < -0.4 is 5.32 Å². The maximum Gasteiger partial charge on any atom is 0.181 e. The largest absolute Gasteiger partial charge is 0.347 e. The predicted molar refractivity (Wildman–Crippen MR) is 82.4 cm³/mol. The third-order valence-electron chi connectivity index (χ3n) is 4.48. The molecule has 2 aromatic rings. The fraction of sp³-hybridized carbons (Fsp3) is 0.471. The van der Waals surface area contributed by atoms with Gasteiger partial charge in [0.15, 0.2) is 5.78 Å². The zero-order chi connectivity index (χ0) is 14.3. The zero-order valence-corrected chi connectivity index (χ0v) is 12.5. The molecule has 0 radical (unpaired) electrons. The number of carbonyl (C=O) groups excluding carboxylic acids is 1. The average molecular weight is 270 g/mol. The molecule has 0 bridgehead atoms. The standard InChI is InChI=1S/C17H22N2O/c1-4-19-10-14(17(20)15-6-5-7-18-15)13-8-11(2)12(3)9-16(13)19/h8-10,15,18H,4-7H2,1-3H3. The molecule has 20 heavy (non-hydrogen) atoms. The number of Topliss-reactive ketones (excluding diaryl/α,β-unsaturated/α-hetero) is 1. The van der Waals surface area contributed by atoms with Crippen LogP contribution in [0.5, 0.6) is 0 Å². The van der Waals surface area contributed by atoms with Crippen molar-refractivity contribution in [1.29, 1.82) is 0 Å². The second-order valence-corrected chi connectivity index (χ2v) is 5.80. The van der Waals surface area contributed by atoms with Crippen LogP contribution in [0, 0.1) is 13.8 Å². The van der Waals surface area contributed by atoms with Crippen LogP contribution in [-0.2, 0) is 6.54 Å². The molecule has 0 spiro atoms. The summed E-state index contributed by atoms with van der Waals surface area (Å²) in [5.74, 6) is 0.253. The number of hydrogen-bond acceptors (Lipinski definition) is 2. The van der Waals surface area contributed by atoms with Gasteiger partial charge in [0, 0.05) is 29.2 Å². The molecule has 106 valence electrons. The van der Waals surface area contributed by atoms with Crippen molar-refractivity contribution >= 4 is 16.7 Å². The van der Waals surface area contributed by atoms with E-state index in [0.29, 0.717) is 0 Å². The lowest BCUT2D eigenvalue weighted by Gasteiger charge is -2.08. The number of rotatable bonds is 3. The Morgan fingerprint density at radius 3 is 2.75 bits per heavy atom. The third kappa shape index (κ3) is 2.06. The molecule has 1 atom stereocenters. The van der Waals surface area contributed by atoms with E-state index >= 15 is 0 Å². The Balaban J connectivity index is 2.15. The van der Waals surface area contributed by atoms with E-state index in [2.05, 4.69) is 42.8 Å². The minimum atomic E-state index is 0.00696. The number of nitrogens with one attached hydrogen (secondary N) is 1. The molecule has 0 amide bonds. The van der Waals surface area contributed by atoms with Gasteiger partial charge >= 0.3 is 0 Å². The van der Waals surface area contributed by atoms with Gasteiger partial charge in [0.1, 0.15) is 0 Å². The van der Waals surface area contributed by atoms with E-state index in [9.17, 15) is 4.79 Å². The molecule has 1 fully saturated rings. The van der Waals surface area contributed by atoms with Crippen molar-refractivity contribution in [3.63, 3.8) is 0 Å². The molecule has 0 saturated carbocycles. The van der Waals surface area contributed by atoms with Gasteiger partial charge < -0.3 is 9.88 Å². The molecule has 3 nitrogen and oxygen atoms in total. The van der Waals surface area contributed by atoms with Gasteiger partial charge in [-0.05, 0) is 63.4 Å². The Labute approximate surface area is 120 Å². The van der Waals surface area contributed by atoms with Crippen molar-refractivity contribution in [3.05, 3.63) is 35.0 Å². The Morgan fingerprint density at radius 1 is 1.35 bits per heavy atom. The first-order valence-electron chi connectivity index (χ1n) is 7.49. The van der Waals surface area contributed by atoms with Crippen molar-refractivity contribution in [1.82, 2.24) is 9.88 Å². The number of carbonyl (C=O) groups is 1. The van der Waals surface area contributed by atoms with Crippen molar-refractivity contribution in [2.75, 3.05) is 6.54 Å². The first kappa shape index (κ1) is 13.4. The second kappa shape index (κ2) is 5.06. The highest BCUT2D eigenvalue weighted by Gasteiger charge is 2.26. The molecule has 1 unspecified atom stereocenters. The topological polar surface area (TPSA) is 34.0 Å². The van der Waals surface area contributed by atoms with Crippen LogP contribution in [0.15, 0.2) is 18.3 Å². The maximum atomic E-state index is 12.7. The van der Waals surface area contributed by atoms with E-state index in [0.717, 1.165) is 36.9 Å². The Bertz CT molecular complexity index is 663. The molecule has 1 saturated heterocycles. The van der Waals surface area contributed by atoms with Crippen molar-refractivity contribution in [3.8, 4) is 0 Å². The van der Waals surface area contributed by atoms with Crippen molar-refractivity contribution in [2.24, 2.45) is 0 Å². The van der Waals surface area contributed by atoms with E-state index in [1.165, 1.54) is 16.6 Å². The molecule has 1 N–H and O–H groups in total.